The van der Waals surface area contributed by atoms with Crippen LogP contribution in [0, 0.1) is 17.8 Å². The number of carbonyl (C=O) groups is 3. The van der Waals surface area contributed by atoms with Crippen LogP contribution in [0.1, 0.15) is 175 Å². The van der Waals surface area contributed by atoms with E-state index in [2.05, 4.69) is 20.8 Å². The monoisotopic (exact) mass is 711 g/mol. The van der Waals surface area contributed by atoms with Crippen LogP contribution in [0.25, 0.3) is 0 Å². The van der Waals surface area contributed by atoms with E-state index in [1.54, 1.807) is 12.2 Å². The third kappa shape index (κ3) is 23.6. The summed E-state index contributed by atoms with van der Waals surface area (Å²) in [5.41, 5.74) is 0. The molecule has 0 heterocycles. The Morgan fingerprint density at radius 3 is 1.86 bits per heavy atom. The smallest absolute Gasteiger partial charge is 0.306 e. The molecule has 1 saturated carbocycles. The number of ketones is 1. The molecule has 0 aromatic rings. The quantitative estimate of drug-likeness (QED) is 0.0310. The van der Waals surface area contributed by atoms with Crippen molar-refractivity contribution in [3.8, 4) is 0 Å². The zero-order valence-electron chi connectivity index (χ0n) is 31.9. The molecule has 6 atom stereocenters. The number of carbonyl (C=O) groups excluding carboxylic acids is 3. The predicted molar refractivity (Wildman–Crippen MR) is 198 cm³/mol. The van der Waals surface area contributed by atoms with E-state index < -0.39 is 48.8 Å². The van der Waals surface area contributed by atoms with Gasteiger partial charge < -0.3 is 29.9 Å². The lowest BCUT2D eigenvalue weighted by Gasteiger charge is -2.20. The molecule has 0 saturated heterocycles. The number of hydrogen-bond donors (Lipinski definition) is 4. The maximum Gasteiger partial charge on any atom is 0.306 e. The minimum Gasteiger partial charge on any atom is -0.462 e. The molecule has 1 aliphatic rings. The molecule has 1 aliphatic carbocycles. The predicted octanol–water partition coefficient (Wildman–Crippen LogP) is 7.93. The highest BCUT2D eigenvalue weighted by atomic mass is 16.6. The number of rotatable bonds is 32. The topological polar surface area (TPSA) is 151 Å². The number of ether oxygens (including phenoxy) is 2. The van der Waals surface area contributed by atoms with Gasteiger partial charge in [0.15, 0.2) is 6.10 Å². The minimum absolute atomic E-state index is 0.0490. The van der Waals surface area contributed by atoms with Crippen molar-refractivity contribution in [3.63, 3.8) is 0 Å². The van der Waals surface area contributed by atoms with E-state index >= 15 is 0 Å². The van der Waals surface area contributed by atoms with Crippen LogP contribution in [0.3, 0.4) is 0 Å². The Bertz CT molecular complexity index is 904. The Kier molecular flexibility index (Phi) is 27.5. The first kappa shape index (κ1) is 46.2. The third-order valence-corrected chi connectivity index (χ3v) is 9.97. The van der Waals surface area contributed by atoms with Gasteiger partial charge >= 0.3 is 11.9 Å². The largest absolute Gasteiger partial charge is 0.462 e. The number of Topliss-reactive ketones (excluding diaryl/α,β-unsaturated/α-hetero) is 1. The van der Waals surface area contributed by atoms with E-state index in [-0.39, 0.29) is 44.0 Å². The molecule has 50 heavy (non-hydrogen) atoms. The van der Waals surface area contributed by atoms with Gasteiger partial charge in [0, 0.05) is 43.9 Å². The van der Waals surface area contributed by atoms with Gasteiger partial charge in [-0.15, -0.1) is 0 Å². The van der Waals surface area contributed by atoms with Crippen molar-refractivity contribution in [3.05, 3.63) is 12.2 Å². The van der Waals surface area contributed by atoms with E-state index in [0.29, 0.717) is 25.7 Å². The summed E-state index contributed by atoms with van der Waals surface area (Å²) in [6, 6.07) is 0. The molecule has 0 spiro atoms. The number of aliphatic hydroxyl groups is 4. The van der Waals surface area contributed by atoms with E-state index in [1.165, 1.54) is 64.2 Å². The average molecular weight is 711 g/mol. The van der Waals surface area contributed by atoms with Crippen molar-refractivity contribution in [2.75, 3.05) is 13.2 Å². The highest BCUT2D eigenvalue weighted by Crippen LogP contribution is 2.36. The highest BCUT2D eigenvalue weighted by molar-refractivity contribution is 5.79. The Morgan fingerprint density at radius 2 is 1.26 bits per heavy atom. The van der Waals surface area contributed by atoms with Gasteiger partial charge in [-0.25, -0.2) is 0 Å². The zero-order valence-corrected chi connectivity index (χ0v) is 31.9. The molecule has 0 aromatic heterocycles. The maximum atomic E-state index is 12.7. The third-order valence-electron chi connectivity index (χ3n) is 9.97. The summed E-state index contributed by atoms with van der Waals surface area (Å²) < 4.78 is 10.5. The second-order valence-corrected chi connectivity index (χ2v) is 15.2. The summed E-state index contributed by atoms with van der Waals surface area (Å²) >= 11 is 0. The van der Waals surface area contributed by atoms with Gasteiger partial charge in [-0.3, -0.25) is 14.4 Å². The van der Waals surface area contributed by atoms with Gasteiger partial charge in [0.1, 0.15) is 12.4 Å². The molecule has 0 amide bonds. The zero-order chi connectivity index (χ0) is 37.0. The molecule has 292 valence electrons. The van der Waals surface area contributed by atoms with Gasteiger partial charge in [-0.05, 0) is 31.6 Å². The van der Waals surface area contributed by atoms with Crippen LogP contribution in [0.15, 0.2) is 12.2 Å². The van der Waals surface area contributed by atoms with Crippen molar-refractivity contribution >= 4 is 17.7 Å². The summed E-state index contributed by atoms with van der Waals surface area (Å²) in [6.45, 7) is 6.05. The standard InChI is InChI=1S/C41H74O9/c1-4-5-16-22-33(43)26-27-36-37(39(46)29-38(36)45)28-34(44)23-19-20-25-41(48)50-35(30-42)31-49-40(47)24-18-15-13-11-9-7-6-8-10-12-14-17-21-32(2)3/h26-27,32-33,35-39,42-43,45-46H,4-25,28-31H2,1-3H3/b27-26+/t33-,35-,36+,37+,38+,39-/m0/s1. The maximum absolute atomic E-state index is 12.7. The van der Waals surface area contributed by atoms with Gasteiger partial charge in [0.2, 0.25) is 0 Å². The summed E-state index contributed by atoms with van der Waals surface area (Å²) in [5, 5.41) is 40.7. The van der Waals surface area contributed by atoms with E-state index in [4.69, 9.17) is 9.47 Å². The molecular formula is C41H74O9. The number of hydrogen-bond acceptors (Lipinski definition) is 9. The molecule has 0 unspecified atom stereocenters. The normalized spacial score (nSPS) is 20.4. The SMILES string of the molecule is CCCCC[C@H](O)/C=C/[C@@H]1[C@@H](CC(=O)CCCCC(=O)O[C@@H](CO)COC(=O)CCCCCCCCCCCCCCC(C)C)[C@@H](O)C[C@H]1O. The second kappa shape index (κ2) is 29.7. The minimum atomic E-state index is -0.918. The van der Waals surface area contributed by atoms with E-state index in [0.717, 1.165) is 44.4 Å². The molecule has 9 nitrogen and oxygen atoms in total. The fourth-order valence-electron chi connectivity index (χ4n) is 6.79. The van der Waals surface area contributed by atoms with E-state index in [9.17, 15) is 34.8 Å². The van der Waals surface area contributed by atoms with Crippen LogP contribution in [0.5, 0.6) is 0 Å². The van der Waals surface area contributed by atoms with Crippen molar-refractivity contribution in [1.29, 1.82) is 0 Å². The molecule has 9 heteroatoms. The fourth-order valence-corrected chi connectivity index (χ4v) is 6.79. The molecule has 1 fully saturated rings. The van der Waals surface area contributed by atoms with Crippen LogP contribution in [0.2, 0.25) is 0 Å². The van der Waals surface area contributed by atoms with Gasteiger partial charge in [-0.2, -0.15) is 0 Å². The lowest BCUT2D eigenvalue weighted by molar-refractivity contribution is -0.161. The molecule has 4 N–H and O–H groups in total. The Morgan fingerprint density at radius 1 is 0.720 bits per heavy atom. The van der Waals surface area contributed by atoms with Crippen molar-refractivity contribution in [2.24, 2.45) is 17.8 Å². The van der Waals surface area contributed by atoms with Crippen LogP contribution >= 0.6 is 0 Å². The highest BCUT2D eigenvalue weighted by Gasteiger charge is 2.41. The Balaban J connectivity index is 2.13. The van der Waals surface area contributed by atoms with Crippen LogP contribution in [-0.4, -0.2) is 75.8 Å². The van der Waals surface area contributed by atoms with Crippen LogP contribution in [-0.2, 0) is 23.9 Å². The molecule has 0 bridgehead atoms. The van der Waals surface area contributed by atoms with Crippen LogP contribution < -0.4 is 0 Å². The van der Waals surface area contributed by atoms with Crippen molar-refractivity contribution < 1.29 is 44.3 Å². The average Bonchev–Trinajstić information content (AvgIpc) is 3.34. The number of esters is 2. The van der Waals surface area contributed by atoms with Crippen molar-refractivity contribution in [2.45, 2.75) is 199 Å². The first-order valence-electron chi connectivity index (χ1n) is 20.3. The molecule has 0 radical (unpaired) electrons. The summed E-state index contributed by atoms with van der Waals surface area (Å²) in [7, 11) is 0. The Labute approximate surface area is 304 Å². The Hall–Kier alpha value is -1.81. The van der Waals surface area contributed by atoms with E-state index in [1.807, 2.05) is 0 Å². The van der Waals surface area contributed by atoms with Gasteiger partial charge in [-0.1, -0.05) is 129 Å². The molecule has 1 rings (SSSR count). The lowest BCUT2D eigenvalue weighted by atomic mass is 9.87. The van der Waals surface area contributed by atoms with Gasteiger partial charge in [0.25, 0.3) is 0 Å². The van der Waals surface area contributed by atoms with Crippen LogP contribution in [0.4, 0.5) is 0 Å². The first-order chi connectivity index (χ1) is 24.1. The second-order valence-electron chi connectivity index (χ2n) is 15.2. The van der Waals surface area contributed by atoms with Crippen molar-refractivity contribution in [1.82, 2.24) is 0 Å². The summed E-state index contributed by atoms with van der Waals surface area (Å²) in [4.78, 5) is 37.1. The molecular weight excluding hydrogens is 636 g/mol. The fraction of sp³-hybridized carbons (Fsp3) is 0.878. The van der Waals surface area contributed by atoms with Gasteiger partial charge in [0.05, 0.1) is 24.9 Å². The molecule has 0 aliphatic heterocycles. The number of unbranched alkanes of at least 4 members (excludes halogenated alkanes) is 14. The summed E-state index contributed by atoms with van der Waals surface area (Å²) in [6.07, 6.45) is 21.9. The number of aliphatic hydroxyl groups excluding tert-OH is 4. The molecule has 0 aromatic carbocycles. The summed E-state index contributed by atoms with van der Waals surface area (Å²) in [5.74, 6) is -0.906. The lowest BCUT2D eigenvalue weighted by Crippen LogP contribution is -2.28. The first-order valence-corrected chi connectivity index (χ1v) is 20.3.